The summed E-state index contributed by atoms with van der Waals surface area (Å²) < 4.78 is 10.4. The van der Waals surface area contributed by atoms with Gasteiger partial charge in [0, 0.05) is 12.6 Å². The van der Waals surface area contributed by atoms with Gasteiger partial charge in [-0.2, -0.15) is 0 Å². The van der Waals surface area contributed by atoms with Crippen LogP contribution in [0.25, 0.3) is 0 Å². The van der Waals surface area contributed by atoms with Gasteiger partial charge in [0.05, 0.1) is 33.0 Å². The second-order valence-corrected chi connectivity index (χ2v) is 5.07. The van der Waals surface area contributed by atoms with Crippen molar-refractivity contribution in [1.29, 1.82) is 0 Å². The number of aromatic nitrogens is 1. The van der Waals surface area contributed by atoms with Crippen molar-refractivity contribution in [3.8, 4) is 11.6 Å². The Hall–Kier alpha value is -2.76. The average molecular weight is 328 g/mol. The Kier molecular flexibility index (Phi) is 6.89. The topological polar surface area (TPSA) is 67.8 Å². The predicted molar refractivity (Wildman–Crippen MR) is 95.4 cm³/mol. The number of benzene rings is 1. The van der Waals surface area contributed by atoms with Crippen LogP contribution >= 0.6 is 0 Å². The fourth-order valence-electron chi connectivity index (χ4n) is 2.13. The molecule has 6 nitrogen and oxygen atoms in total. The maximum Gasteiger partial charge on any atom is 0.213 e. The van der Waals surface area contributed by atoms with E-state index < -0.39 is 0 Å². The molecule has 0 amide bonds. The molecule has 0 spiro atoms. The molecule has 2 aromatic rings. The van der Waals surface area contributed by atoms with Crippen molar-refractivity contribution in [2.75, 3.05) is 20.8 Å². The number of aliphatic imine (C=N–C) groups is 1. The van der Waals surface area contributed by atoms with Crippen LogP contribution in [0.15, 0.2) is 47.5 Å². The van der Waals surface area contributed by atoms with E-state index in [1.165, 1.54) is 0 Å². The number of guanidine groups is 1. The monoisotopic (exact) mass is 328 g/mol. The second-order valence-electron chi connectivity index (χ2n) is 5.07. The molecule has 0 aliphatic heterocycles. The number of methoxy groups -OCH3 is 2. The number of hydrogen-bond acceptors (Lipinski definition) is 4. The van der Waals surface area contributed by atoms with E-state index in [0.29, 0.717) is 19.0 Å². The van der Waals surface area contributed by atoms with Crippen LogP contribution in [0.2, 0.25) is 0 Å². The number of rotatable bonds is 7. The van der Waals surface area contributed by atoms with Crippen molar-refractivity contribution in [3.05, 3.63) is 53.7 Å². The fourth-order valence-corrected chi connectivity index (χ4v) is 2.13. The van der Waals surface area contributed by atoms with Crippen LogP contribution in [-0.4, -0.2) is 31.7 Å². The minimum atomic E-state index is 0.568. The summed E-state index contributed by atoms with van der Waals surface area (Å²) in [6, 6.07) is 13.6. The average Bonchev–Trinajstić information content (AvgIpc) is 2.64. The molecule has 0 saturated carbocycles. The van der Waals surface area contributed by atoms with E-state index in [1.54, 1.807) is 14.2 Å². The predicted octanol–water partition coefficient (Wildman–Crippen LogP) is 2.35. The molecule has 0 saturated heterocycles. The van der Waals surface area contributed by atoms with Crippen molar-refractivity contribution in [3.63, 3.8) is 0 Å². The minimum Gasteiger partial charge on any atom is -0.497 e. The van der Waals surface area contributed by atoms with Crippen LogP contribution in [0, 0.1) is 0 Å². The smallest absolute Gasteiger partial charge is 0.213 e. The Balaban J connectivity index is 1.99. The number of nitrogens with zero attached hydrogens (tertiary/aromatic N) is 2. The summed E-state index contributed by atoms with van der Waals surface area (Å²) in [5.74, 6) is 2.18. The molecule has 1 aromatic carbocycles. The van der Waals surface area contributed by atoms with Gasteiger partial charge in [0.1, 0.15) is 5.75 Å². The van der Waals surface area contributed by atoms with Crippen LogP contribution in [-0.2, 0) is 13.1 Å². The molecule has 0 atom stereocenters. The summed E-state index contributed by atoms with van der Waals surface area (Å²) in [7, 11) is 3.27. The molecule has 2 rings (SSSR count). The van der Waals surface area contributed by atoms with Crippen molar-refractivity contribution >= 4 is 5.96 Å². The SMILES string of the molecule is CCNC(=NCc1cccc(OC)c1)NCc1cccc(OC)n1. The van der Waals surface area contributed by atoms with Crippen LogP contribution < -0.4 is 20.1 Å². The molecule has 1 aromatic heterocycles. The number of ether oxygens (including phenoxy) is 2. The molecule has 0 aliphatic carbocycles. The molecule has 0 fully saturated rings. The lowest BCUT2D eigenvalue weighted by Crippen LogP contribution is -2.37. The minimum absolute atomic E-state index is 0.568. The second kappa shape index (κ2) is 9.39. The van der Waals surface area contributed by atoms with Gasteiger partial charge in [-0.3, -0.25) is 0 Å². The zero-order chi connectivity index (χ0) is 17.2. The van der Waals surface area contributed by atoms with Gasteiger partial charge in [0.2, 0.25) is 5.88 Å². The summed E-state index contributed by atoms with van der Waals surface area (Å²) in [4.78, 5) is 8.98. The fraction of sp³-hybridized carbons (Fsp3) is 0.333. The highest BCUT2D eigenvalue weighted by atomic mass is 16.5. The molecule has 0 bridgehead atoms. The van der Waals surface area contributed by atoms with Crippen molar-refractivity contribution in [2.45, 2.75) is 20.0 Å². The lowest BCUT2D eigenvalue weighted by Gasteiger charge is -2.11. The van der Waals surface area contributed by atoms with E-state index in [-0.39, 0.29) is 0 Å². The van der Waals surface area contributed by atoms with Gasteiger partial charge in [-0.05, 0) is 30.7 Å². The number of hydrogen-bond donors (Lipinski definition) is 2. The third-order valence-corrected chi connectivity index (χ3v) is 3.33. The maximum atomic E-state index is 5.24. The molecule has 128 valence electrons. The Morgan fingerprint density at radius 3 is 2.67 bits per heavy atom. The molecular formula is C18H24N4O2. The van der Waals surface area contributed by atoms with Crippen LogP contribution in [0.1, 0.15) is 18.2 Å². The summed E-state index contributed by atoms with van der Waals surface area (Å²) in [6.07, 6.45) is 0. The van der Waals surface area contributed by atoms with Gasteiger partial charge < -0.3 is 20.1 Å². The summed E-state index contributed by atoms with van der Waals surface area (Å²) in [5, 5.41) is 6.51. The van der Waals surface area contributed by atoms with Gasteiger partial charge in [0.25, 0.3) is 0 Å². The molecule has 0 aliphatic rings. The van der Waals surface area contributed by atoms with Gasteiger partial charge >= 0.3 is 0 Å². The lowest BCUT2D eigenvalue weighted by atomic mass is 10.2. The van der Waals surface area contributed by atoms with Crippen molar-refractivity contribution in [1.82, 2.24) is 15.6 Å². The maximum absolute atomic E-state index is 5.24. The van der Waals surface area contributed by atoms with E-state index in [2.05, 4.69) is 20.6 Å². The first-order chi connectivity index (χ1) is 11.7. The Morgan fingerprint density at radius 1 is 1.08 bits per heavy atom. The first kappa shape index (κ1) is 17.6. The third kappa shape index (κ3) is 5.46. The normalized spacial score (nSPS) is 11.0. The van der Waals surface area contributed by atoms with E-state index in [9.17, 15) is 0 Å². The summed E-state index contributed by atoms with van der Waals surface area (Å²) in [6.45, 7) is 3.96. The quantitative estimate of drug-likeness (QED) is 0.603. The highest BCUT2D eigenvalue weighted by molar-refractivity contribution is 5.79. The molecule has 2 N–H and O–H groups in total. The first-order valence-electron chi connectivity index (χ1n) is 7.90. The standard InChI is InChI=1S/C18H24N4O2/c1-4-19-18(20-12-14-7-5-9-16(11-14)23-2)21-13-15-8-6-10-17(22-15)24-3/h5-11H,4,12-13H2,1-3H3,(H2,19,20,21). The molecule has 6 heteroatoms. The molecule has 1 heterocycles. The Bertz CT molecular complexity index is 674. The van der Waals surface area contributed by atoms with Crippen LogP contribution in [0.4, 0.5) is 0 Å². The third-order valence-electron chi connectivity index (χ3n) is 3.33. The van der Waals surface area contributed by atoms with E-state index >= 15 is 0 Å². The molecule has 0 unspecified atom stereocenters. The lowest BCUT2D eigenvalue weighted by molar-refractivity contribution is 0.396. The molecule has 0 radical (unpaired) electrons. The summed E-state index contributed by atoms with van der Waals surface area (Å²) in [5.41, 5.74) is 1.98. The number of pyridine rings is 1. The molecular weight excluding hydrogens is 304 g/mol. The molecule has 24 heavy (non-hydrogen) atoms. The highest BCUT2D eigenvalue weighted by Gasteiger charge is 2.01. The van der Waals surface area contributed by atoms with Gasteiger partial charge in [-0.25, -0.2) is 9.98 Å². The van der Waals surface area contributed by atoms with Crippen molar-refractivity contribution in [2.24, 2.45) is 4.99 Å². The van der Waals surface area contributed by atoms with Gasteiger partial charge in [0.15, 0.2) is 5.96 Å². The Labute approximate surface area is 142 Å². The zero-order valence-corrected chi connectivity index (χ0v) is 14.4. The Morgan fingerprint density at radius 2 is 1.92 bits per heavy atom. The van der Waals surface area contributed by atoms with Crippen molar-refractivity contribution < 1.29 is 9.47 Å². The first-order valence-corrected chi connectivity index (χ1v) is 7.90. The van der Waals surface area contributed by atoms with Crippen LogP contribution in [0.5, 0.6) is 11.6 Å². The van der Waals surface area contributed by atoms with Gasteiger partial charge in [-0.15, -0.1) is 0 Å². The highest BCUT2D eigenvalue weighted by Crippen LogP contribution is 2.13. The van der Waals surface area contributed by atoms with E-state index in [0.717, 1.165) is 29.5 Å². The largest absolute Gasteiger partial charge is 0.497 e. The zero-order valence-electron chi connectivity index (χ0n) is 14.4. The van der Waals surface area contributed by atoms with E-state index in [4.69, 9.17) is 9.47 Å². The van der Waals surface area contributed by atoms with Crippen LogP contribution in [0.3, 0.4) is 0 Å². The van der Waals surface area contributed by atoms with E-state index in [1.807, 2.05) is 49.4 Å². The van der Waals surface area contributed by atoms with Gasteiger partial charge in [-0.1, -0.05) is 18.2 Å². The number of nitrogens with one attached hydrogen (secondary N) is 2. The summed E-state index contributed by atoms with van der Waals surface area (Å²) >= 11 is 0.